The van der Waals surface area contributed by atoms with Gasteiger partial charge in [0.2, 0.25) is 5.91 Å². The van der Waals surface area contributed by atoms with Gasteiger partial charge in [-0.3, -0.25) is 14.2 Å². The molecule has 0 aromatic carbocycles. The quantitative estimate of drug-likeness (QED) is 0.656. The van der Waals surface area contributed by atoms with E-state index in [4.69, 9.17) is 0 Å². The lowest BCUT2D eigenvalue weighted by atomic mass is 10.3. The van der Waals surface area contributed by atoms with E-state index in [1.54, 1.807) is 20.9 Å². The van der Waals surface area contributed by atoms with E-state index in [1.165, 1.54) is 22.4 Å². The molecule has 1 rings (SSSR count). The standard InChI is InChI=1S/C12H19N3O2S/c1-7(2)13-11(17)9(4)18-12-14-8(3)6-10(16)15(12)5/h6-7,9H,1-5H3,(H,13,17). The number of hydrogen-bond donors (Lipinski definition) is 1. The Kier molecular flexibility index (Phi) is 4.95. The third-order valence-electron chi connectivity index (χ3n) is 2.30. The minimum Gasteiger partial charge on any atom is -0.353 e. The van der Waals surface area contributed by atoms with E-state index < -0.39 is 0 Å². The molecule has 0 bridgehead atoms. The average molecular weight is 269 g/mol. The topological polar surface area (TPSA) is 64.0 Å². The molecule has 1 unspecified atom stereocenters. The van der Waals surface area contributed by atoms with Crippen molar-refractivity contribution in [1.82, 2.24) is 14.9 Å². The van der Waals surface area contributed by atoms with Crippen LogP contribution in [0.4, 0.5) is 0 Å². The first-order valence-electron chi connectivity index (χ1n) is 5.83. The van der Waals surface area contributed by atoms with Crippen molar-refractivity contribution >= 4 is 17.7 Å². The van der Waals surface area contributed by atoms with Crippen molar-refractivity contribution in [2.75, 3.05) is 0 Å². The molecule has 1 N–H and O–H groups in total. The highest BCUT2D eigenvalue weighted by Crippen LogP contribution is 2.19. The van der Waals surface area contributed by atoms with Gasteiger partial charge in [0.25, 0.3) is 5.56 Å². The van der Waals surface area contributed by atoms with E-state index in [1.807, 2.05) is 13.8 Å². The number of aryl methyl sites for hydroxylation is 1. The molecule has 0 aliphatic carbocycles. The molecule has 5 nitrogen and oxygen atoms in total. The maximum Gasteiger partial charge on any atom is 0.254 e. The Hall–Kier alpha value is -1.30. The van der Waals surface area contributed by atoms with Crippen LogP contribution in [0, 0.1) is 6.92 Å². The lowest BCUT2D eigenvalue weighted by Gasteiger charge is -2.15. The van der Waals surface area contributed by atoms with Crippen molar-refractivity contribution in [3.63, 3.8) is 0 Å². The Morgan fingerprint density at radius 1 is 1.44 bits per heavy atom. The molecule has 1 amide bonds. The largest absolute Gasteiger partial charge is 0.353 e. The smallest absolute Gasteiger partial charge is 0.254 e. The number of aromatic nitrogens is 2. The zero-order valence-electron chi connectivity index (χ0n) is 11.4. The van der Waals surface area contributed by atoms with Gasteiger partial charge in [0.05, 0.1) is 5.25 Å². The fourth-order valence-corrected chi connectivity index (χ4v) is 2.28. The molecular formula is C12H19N3O2S. The first kappa shape index (κ1) is 14.8. The van der Waals surface area contributed by atoms with Gasteiger partial charge in [-0.1, -0.05) is 11.8 Å². The number of carbonyl (C=O) groups is 1. The van der Waals surface area contributed by atoms with Gasteiger partial charge in [-0.2, -0.15) is 0 Å². The fourth-order valence-electron chi connectivity index (χ4n) is 1.35. The van der Waals surface area contributed by atoms with Crippen LogP contribution in [0.2, 0.25) is 0 Å². The molecule has 0 aliphatic rings. The molecule has 0 saturated carbocycles. The van der Waals surface area contributed by atoms with Gasteiger partial charge in [-0.25, -0.2) is 4.98 Å². The molecule has 0 radical (unpaired) electrons. The molecule has 0 saturated heterocycles. The summed E-state index contributed by atoms with van der Waals surface area (Å²) in [7, 11) is 1.66. The SMILES string of the molecule is Cc1cc(=O)n(C)c(SC(C)C(=O)NC(C)C)n1. The van der Waals surface area contributed by atoms with Gasteiger partial charge in [-0.15, -0.1) is 0 Å². The number of nitrogens with zero attached hydrogens (tertiary/aromatic N) is 2. The van der Waals surface area contributed by atoms with Crippen molar-refractivity contribution < 1.29 is 4.79 Å². The van der Waals surface area contributed by atoms with Gasteiger partial charge in [-0.05, 0) is 27.7 Å². The number of hydrogen-bond acceptors (Lipinski definition) is 4. The summed E-state index contributed by atoms with van der Waals surface area (Å²) in [4.78, 5) is 27.7. The zero-order valence-corrected chi connectivity index (χ0v) is 12.2. The average Bonchev–Trinajstić information content (AvgIpc) is 2.24. The Labute approximate surface area is 111 Å². The molecule has 1 heterocycles. The summed E-state index contributed by atoms with van der Waals surface area (Å²) in [5.41, 5.74) is 0.554. The normalized spacial score (nSPS) is 12.6. The van der Waals surface area contributed by atoms with Gasteiger partial charge < -0.3 is 5.32 Å². The molecule has 0 spiro atoms. The van der Waals surface area contributed by atoms with E-state index >= 15 is 0 Å². The van der Waals surface area contributed by atoms with Crippen LogP contribution in [0.25, 0.3) is 0 Å². The highest BCUT2D eigenvalue weighted by atomic mass is 32.2. The van der Waals surface area contributed by atoms with Crippen LogP contribution in [0.3, 0.4) is 0 Å². The van der Waals surface area contributed by atoms with E-state index in [-0.39, 0.29) is 22.8 Å². The molecule has 100 valence electrons. The third kappa shape index (κ3) is 3.87. The molecule has 18 heavy (non-hydrogen) atoms. The second-order valence-corrected chi connectivity index (χ2v) is 5.81. The Balaban J connectivity index is 2.85. The van der Waals surface area contributed by atoms with Crippen molar-refractivity contribution in [3.05, 3.63) is 22.1 Å². The monoisotopic (exact) mass is 269 g/mol. The highest BCUT2D eigenvalue weighted by Gasteiger charge is 2.17. The van der Waals surface area contributed by atoms with Crippen LogP contribution in [0.1, 0.15) is 26.5 Å². The Morgan fingerprint density at radius 3 is 2.61 bits per heavy atom. The van der Waals surface area contributed by atoms with E-state index in [9.17, 15) is 9.59 Å². The summed E-state index contributed by atoms with van der Waals surface area (Å²) in [5, 5.41) is 3.11. The molecular weight excluding hydrogens is 250 g/mol. The van der Waals surface area contributed by atoms with Crippen LogP contribution in [-0.4, -0.2) is 26.8 Å². The first-order chi connectivity index (χ1) is 8.31. The molecule has 0 fully saturated rings. The van der Waals surface area contributed by atoms with Gasteiger partial charge in [0.15, 0.2) is 5.16 Å². The zero-order chi connectivity index (χ0) is 13.9. The summed E-state index contributed by atoms with van der Waals surface area (Å²) < 4.78 is 1.46. The lowest BCUT2D eigenvalue weighted by molar-refractivity contribution is -0.120. The third-order valence-corrected chi connectivity index (χ3v) is 3.45. The predicted molar refractivity (Wildman–Crippen MR) is 72.8 cm³/mol. The predicted octanol–water partition coefficient (Wildman–Crippen LogP) is 1.09. The second-order valence-electron chi connectivity index (χ2n) is 4.50. The van der Waals surface area contributed by atoms with Gasteiger partial charge in [0.1, 0.15) is 0 Å². The molecule has 6 heteroatoms. The Morgan fingerprint density at radius 2 is 2.06 bits per heavy atom. The summed E-state index contributed by atoms with van der Waals surface area (Å²) in [6.07, 6.45) is 0. The highest BCUT2D eigenvalue weighted by molar-refractivity contribution is 8.00. The van der Waals surface area contributed by atoms with Gasteiger partial charge in [0, 0.05) is 24.8 Å². The summed E-state index contributed by atoms with van der Waals surface area (Å²) >= 11 is 1.29. The molecule has 1 atom stereocenters. The molecule has 1 aromatic rings. The number of rotatable bonds is 4. The summed E-state index contributed by atoms with van der Waals surface area (Å²) in [6, 6.07) is 1.58. The maximum absolute atomic E-state index is 11.8. The first-order valence-corrected chi connectivity index (χ1v) is 6.71. The number of thioether (sulfide) groups is 1. The summed E-state index contributed by atoms with van der Waals surface area (Å²) in [6.45, 7) is 7.40. The van der Waals surface area contributed by atoms with E-state index in [0.717, 1.165) is 0 Å². The van der Waals surface area contributed by atoms with Crippen molar-refractivity contribution in [3.8, 4) is 0 Å². The van der Waals surface area contributed by atoms with Gasteiger partial charge >= 0.3 is 0 Å². The fraction of sp³-hybridized carbons (Fsp3) is 0.583. The number of nitrogens with one attached hydrogen (secondary N) is 1. The lowest BCUT2D eigenvalue weighted by Crippen LogP contribution is -2.36. The van der Waals surface area contributed by atoms with Crippen LogP contribution >= 0.6 is 11.8 Å². The van der Waals surface area contributed by atoms with Crippen molar-refractivity contribution in [2.45, 2.75) is 44.1 Å². The maximum atomic E-state index is 11.8. The van der Waals surface area contributed by atoms with E-state index in [2.05, 4.69) is 10.3 Å². The van der Waals surface area contributed by atoms with Crippen molar-refractivity contribution in [2.24, 2.45) is 7.05 Å². The molecule has 1 aromatic heterocycles. The number of amides is 1. The van der Waals surface area contributed by atoms with E-state index in [0.29, 0.717) is 10.9 Å². The van der Waals surface area contributed by atoms with Crippen LogP contribution in [0.15, 0.2) is 16.0 Å². The minimum atomic E-state index is -0.285. The van der Waals surface area contributed by atoms with Crippen LogP contribution in [0.5, 0.6) is 0 Å². The van der Waals surface area contributed by atoms with Crippen LogP contribution in [-0.2, 0) is 11.8 Å². The minimum absolute atomic E-state index is 0.0502. The second kappa shape index (κ2) is 6.04. The number of carbonyl (C=O) groups excluding carboxylic acids is 1. The summed E-state index contributed by atoms with van der Waals surface area (Å²) in [5.74, 6) is -0.0502. The van der Waals surface area contributed by atoms with Crippen LogP contribution < -0.4 is 10.9 Å². The Bertz CT molecular complexity index is 497. The molecule has 0 aliphatic heterocycles. The van der Waals surface area contributed by atoms with Crippen molar-refractivity contribution in [1.29, 1.82) is 0 Å².